The number of esters is 4. The highest BCUT2D eigenvalue weighted by atomic mass is 16.6. The molecule has 0 radical (unpaired) electrons. The van der Waals surface area contributed by atoms with E-state index >= 15 is 0 Å². The second-order valence-corrected chi connectivity index (χ2v) is 9.72. The zero-order valence-electron chi connectivity index (χ0n) is 25.7. The molecule has 0 aliphatic rings. The van der Waals surface area contributed by atoms with E-state index in [9.17, 15) is 33.9 Å². The van der Waals surface area contributed by atoms with Crippen molar-refractivity contribution in [3.63, 3.8) is 0 Å². The third-order valence-corrected chi connectivity index (χ3v) is 6.19. The lowest BCUT2D eigenvalue weighted by atomic mass is 10.1. The maximum Gasteiger partial charge on any atom is 0.349 e. The first kappa shape index (κ1) is 34.6. The highest BCUT2D eigenvalue weighted by Gasteiger charge is 2.41. The van der Waals surface area contributed by atoms with Crippen LogP contribution in [-0.2, 0) is 28.7 Å². The molecule has 0 saturated heterocycles. The first-order valence-electron chi connectivity index (χ1n) is 13.5. The van der Waals surface area contributed by atoms with Crippen LogP contribution in [0.2, 0.25) is 0 Å². The zero-order chi connectivity index (χ0) is 34.1. The summed E-state index contributed by atoms with van der Waals surface area (Å²) < 4.78 is 30.9. The molecule has 0 saturated carbocycles. The number of nitrogens with one attached hydrogen (secondary N) is 1. The summed E-state index contributed by atoms with van der Waals surface area (Å²) in [5.74, 6) is -6.76. The van der Waals surface area contributed by atoms with Crippen molar-refractivity contribution in [3.8, 4) is 23.0 Å². The summed E-state index contributed by atoms with van der Waals surface area (Å²) in [7, 11) is 2.50. The fourth-order valence-electron chi connectivity index (χ4n) is 4.09. The van der Waals surface area contributed by atoms with E-state index in [1.807, 2.05) is 6.92 Å². The van der Waals surface area contributed by atoms with E-state index in [0.29, 0.717) is 5.56 Å². The summed E-state index contributed by atoms with van der Waals surface area (Å²) in [5, 5.41) is 12.6. The van der Waals surface area contributed by atoms with Crippen molar-refractivity contribution in [2.75, 3.05) is 19.5 Å². The van der Waals surface area contributed by atoms with Crippen LogP contribution in [0.1, 0.15) is 45.7 Å². The van der Waals surface area contributed by atoms with Gasteiger partial charge in [0.25, 0.3) is 5.91 Å². The third kappa shape index (κ3) is 8.81. The van der Waals surface area contributed by atoms with Gasteiger partial charge >= 0.3 is 29.8 Å². The molecule has 242 valence electrons. The van der Waals surface area contributed by atoms with Gasteiger partial charge < -0.3 is 38.8 Å². The largest absolute Gasteiger partial charge is 0.493 e. The van der Waals surface area contributed by atoms with E-state index in [4.69, 9.17) is 28.4 Å². The molecule has 0 spiro atoms. The zero-order valence-corrected chi connectivity index (χ0v) is 25.7. The van der Waals surface area contributed by atoms with Crippen LogP contribution in [0.15, 0.2) is 54.6 Å². The fraction of sp³-hybridized carbons (Fsp3) is 0.250. The second-order valence-electron chi connectivity index (χ2n) is 9.72. The van der Waals surface area contributed by atoms with Gasteiger partial charge in [-0.15, -0.1) is 0 Å². The molecule has 3 aromatic rings. The molecule has 0 fully saturated rings. The minimum atomic E-state index is -2.34. The second kappa shape index (κ2) is 15.2. The minimum Gasteiger partial charge on any atom is -0.493 e. The Morgan fingerprint density at radius 3 is 1.54 bits per heavy atom. The number of carbonyl (C=O) groups is 6. The number of methoxy groups -OCH3 is 2. The molecule has 0 unspecified atom stereocenters. The van der Waals surface area contributed by atoms with Crippen LogP contribution >= 0.6 is 0 Å². The first-order valence-corrected chi connectivity index (χ1v) is 13.5. The number of anilines is 1. The Morgan fingerprint density at radius 2 is 1.13 bits per heavy atom. The summed E-state index contributed by atoms with van der Waals surface area (Å²) in [6, 6.07) is 12.1. The minimum absolute atomic E-state index is 0.0109. The van der Waals surface area contributed by atoms with Crippen molar-refractivity contribution in [2.45, 2.75) is 39.9 Å². The predicted molar refractivity (Wildman–Crippen MR) is 159 cm³/mol. The molecular weight excluding hydrogens is 606 g/mol. The number of carboxylic acid groups (broad SMARTS) is 1. The maximum atomic E-state index is 13.5. The monoisotopic (exact) mass is 637 g/mol. The molecule has 46 heavy (non-hydrogen) atoms. The number of hydrogen-bond acceptors (Lipinski definition) is 12. The van der Waals surface area contributed by atoms with Crippen molar-refractivity contribution in [2.24, 2.45) is 0 Å². The number of hydrogen-bond donors (Lipinski definition) is 2. The highest BCUT2D eigenvalue weighted by Crippen LogP contribution is 2.30. The lowest BCUT2D eigenvalue weighted by Crippen LogP contribution is -2.48. The van der Waals surface area contributed by atoms with Gasteiger partial charge in [0.15, 0.2) is 23.0 Å². The molecule has 0 bridgehead atoms. The van der Waals surface area contributed by atoms with Gasteiger partial charge in [-0.2, -0.15) is 0 Å². The van der Waals surface area contributed by atoms with Crippen LogP contribution in [0.4, 0.5) is 5.69 Å². The van der Waals surface area contributed by atoms with Gasteiger partial charge in [0.05, 0.1) is 25.3 Å². The van der Waals surface area contributed by atoms with Crippen LogP contribution in [0.5, 0.6) is 23.0 Å². The van der Waals surface area contributed by atoms with Crippen molar-refractivity contribution in [1.29, 1.82) is 0 Å². The Kier molecular flexibility index (Phi) is 11.4. The summed E-state index contributed by atoms with van der Waals surface area (Å²) in [6.07, 6.45) is -4.56. The quantitative estimate of drug-likeness (QED) is 0.216. The lowest BCUT2D eigenvalue weighted by Gasteiger charge is -2.24. The Labute approximate surface area is 263 Å². The van der Waals surface area contributed by atoms with E-state index in [0.717, 1.165) is 31.5 Å². The van der Waals surface area contributed by atoms with Gasteiger partial charge in [-0.25, -0.2) is 14.4 Å². The van der Waals surface area contributed by atoms with Crippen LogP contribution in [0, 0.1) is 13.8 Å². The van der Waals surface area contributed by atoms with Crippen LogP contribution < -0.4 is 24.3 Å². The number of aliphatic carboxylic acids is 1. The molecule has 14 nitrogen and oxygen atoms in total. The molecule has 14 heteroatoms. The average molecular weight is 638 g/mol. The SMILES string of the molecule is COc1cc(C(=O)O[C@H](C(=O)Nc2ccc(C)cc2C)[C@@H](OC(=O)c2ccc(OC(C)=O)c(OC)c2)C(=O)O)ccc1OC(C)=O. The molecule has 3 rings (SSSR count). The molecular formula is C32H31NO13. The number of carbonyl (C=O) groups excluding carboxylic acids is 5. The molecule has 0 aliphatic heterocycles. The Bertz CT molecular complexity index is 1680. The average Bonchev–Trinajstić information content (AvgIpc) is 2.99. The molecule has 2 N–H and O–H groups in total. The number of rotatable bonds is 12. The van der Waals surface area contributed by atoms with Gasteiger partial charge in [0.1, 0.15) is 0 Å². The first-order chi connectivity index (χ1) is 21.7. The lowest BCUT2D eigenvalue weighted by molar-refractivity contribution is -0.157. The van der Waals surface area contributed by atoms with Crippen LogP contribution in [0.25, 0.3) is 0 Å². The van der Waals surface area contributed by atoms with Crippen molar-refractivity contribution < 1.29 is 62.3 Å². The topological polar surface area (TPSA) is 190 Å². The van der Waals surface area contributed by atoms with Crippen molar-refractivity contribution in [1.82, 2.24) is 0 Å². The van der Waals surface area contributed by atoms with E-state index in [2.05, 4.69) is 5.32 Å². The van der Waals surface area contributed by atoms with Gasteiger partial charge in [-0.05, 0) is 61.9 Å². The molecule has 1 amide bonds. The number of ether oxygens (including phenoxy) is 6. The van der Waals surface area contributed by atoms with E-state index < -0.39 is 48.0 Å². The van der Waals surface area contributed by atoms with E-state index in [1.165, 1.54) is 38.5 Å². The van der Waals surface area contributed by atoms with Gasteiger partial charge in [-0.3, -0.25) is 14.4 Å². The molecule has 0 heterocycles. The third-order valence-electron chi connectivity index (χ3n) is 6.19. The van der Waals surface area contributed by atoms with E-state index in [1.54, 1.807) is 25.1 Å². The van der Waals surface area contributed by atoms with Crippen molar-refractivity contribution >= 4 is 41.4 Å². The molecule has 0 aliphatic carbocycles. The van der Waals surface area contributed by atoms with Gasteiger partial charge in [0, 0.05) is 19.5 Å². The standard InChI is InChI=1S/C32H31NO13/c1-16-7-10-22(17(2)13-16)33-29(36)27(45-31(39)20-8-11-23(43-18(3)34)25(14-20)41-5)28(30(37)38)46-32(40)21-9-12-24(44-19(4)35)26(15-21)42-6/h7-15,27-28H,1-6H3,(H,33,36)(H,37,38)/t27-,28+/m0/s1. The van der Waals surface area contributed by atoms with E-state index in [-0.39, 0.29) is 39.8 Å². The van der Waals surface area contributed by atoms with Crippen LogP contribution in [0.3, 0.4) is 0 Å². The molecule has 3 aromatic carbocycles. The van der Waals surface area contributed by atoms with Crippen LogP contribution in [-0.4, -0.2) is 67.3 Å². The predicted octanol–water partition coefficient (Wildman–Crippen LogP) is 3.65. The number of aryl methyl sites for hydroxylation is 2. The Hall–Kier alpha value is -5.92. The summed E-state index contributed by atoms with van der Waals surface area (Å²) >= 11 is 0. The smallest absolute Gasteiger partial charge is 0.349 e. The Morgan fingerprint density at radius 1 is 0.652 bits per heavy atom. The summed E-state index contributed by atoms with van der Waals surface area (Å²) in [4.78, 5) is 75.1. The fourth-order valence-corrected chi connectivity index (χ4v) is 4.09. The van der Waals surface area contributed by atoms with Gasteiger partial charge in [0.2, 0.25) is 12.2 Å². The highest BCUT2D eigenvalue weighted by molar-refractivity contribution is 6.02. The summed E-state index contributed by atoms with van der Waals surface area (Å²) in [5.41, 5.74) is 1.35. The number of amides is 1. The normalized spacial score (nSPS) is 11.7. The van der Waals surface area contributed by atoms with Gasteiger partial charge in [-0.1, -0.05) is 17.7 Å². The number of benzene rings is 3. The maximum absolute atomic E-state index is 13.5. The van der Waals surface area contributed by atoms with Crippen molar-refractivity contribution in [3.05, 3.63) is 76.9 Å². The Balaban J connectivity index is 1.99. The molecule has 0 aromatic heterocycles. The molecule has 2 atom stereocenters. The number of carboxylic acids is 1. The summed E-state index contributed by atoms with van der Waals surface area (Å²) in [6.45, 7) is 5.85.